The molecule has 110 valence electrons. The van der Waals surface area contributed by atoms with Gasteiger partial charge in [-0.3, -0.25) is 4.79 Å². The van der Waals surface area contributed by atoms with Crippen molar-refractivity contribution in [2.24, 2.45) is 5.92 Å². The Morgan fingerprint density at radius 2 is 2.20 bits per heavy atom. The van der Waals surface area contributed by atoms with Crippen LogP contribution in [0.25, 0.3) is 0 Å². The number of nitrogens with one attached hydrogen (secondary N) is 1. The van der Waals surface area contributed by atoms with E-state index in [4.69, 9.17) is 0 Å². The Balaban J connectivity index is 2.08. The van der Waals surface area contributed by atoms with Crippen LogP contribution in [0.15, 0.2) is 24.3 Å². The largest absolute Gasteiger partial charge is 0.388 e. The van der Waals surface area contributed by atoms with E-state index < -0.39 is 6.10 Å². The van der Waals surface area contributed by atoms with Crippen LogP contribution in [0, 0.1) is 5.92 Å². The van der Waals surface area contributed by atoms with Crippen LogP contribution in [0.2, 0.25) is 0 Å². The molecule has 0 bridgehead atoms. The predicted octanol–water partition coefficient (Wildman–Crippen LogP) is 2.09. The molecule has 1 aliphatic heterocycles. The first-order valence-electron chi connectivity index (χ1n) is 7.36. The molecule has 0 saturated heterocycles. The number of rotatable bonds is 4. The summed E-state index contributed by atoms with van der Waals surface area (Å²) < 4.78 is 0. The van der Waals surface area contributed by atoms with Crippen molar-refractivity contribution in [1.82, 2.24) is 5.32 Å². The topological polar surface area (TPSA) is 52.6 Å². The fraction of sp³-hybridized carbons (Fsp3) is 0.562. The fourth-order valence-corrected chi connectivity index (χ4v) is 2.52. The number of amides is 1. The normalized spacial score (nSPS) is 18.6. The maximum absolute atomic E-state index is 12.0. The maximum Gasteiger partial charge on any atom is 0.239 e. The summed E-state index contributed by atoms with van der Waals surface area (Å²) in [6, 6.07) is 7.82. The van der Waals surface area contributed by atoms with Gasteiger partial charge in [0.2, 0.25) is 5.91 Å². The quantitative estimate of drug-likeness (QED) is 0.885. The number of para-hydroxylation sites is 1. The molecular weight excluding hydrogens is 252 g/mol. The van der Waals surface area contributed by atoms with Gasteiger partial charge in [-0.25, -0.2) is 0 Å². The van der Waals surface area contributed by atoms with Crippen molar-refractivity contribution in [2.75, 3.05) is 24.5 Å². The van der Waals surface area contributed by atoms with Crippen molar-refractivity contribution in [3.63, 3.8) is 0 Å². The summed E-state index contributed by atoms with van der Waals surface area (Å²) in [7, 11) is 0. The molecule has 0 aromatic heterocycles. The Bertz CT molecular complexity index is 460. The van der Waals surface area contributed by atoms with Gasteiger partial charge >= 0.3 is 0 Å². The smallest absolute Gasteiger partial charge is 0.239 e. The molecule has 4 nitrogen and oxygen atoms in total. The molecule has 0 spiro atoms. The van der Waals surface area contributed by atoms with Gasteiger partial charge in [0, 0.05) is 24.3 Å². The summed E-state index contributed by atoms with van der Waals surface area (Å²) in [5.74, 6) is 0.502. The second-order valence-electron chi connectivity index (χ2n) is 5.84. The first kappa shape index (κ1) is 14.9. The van der Waals surface area contributed by atoms with E-state index in [2.05, 4.69) is 24.1 Å². The molecule has 1 aliphatic rings. The molecule has 1 aromatic rings. The number of hydrogen-bond donors (Lipinski definition) is 2. The summed E-state index contributed by atoms with van der Waals surface area (Å²) in [4.78, 5) is 14.1. The van der Waals surface area contributed by atoms with Crippen molar-refractivity contribution < 1.29 is 9.90 Å². The third kappa shape index (κ3) is 3.73. The molecule has 0 aliphatic carbocycles. The van der Waals surface area contributed by atoms with E-state index in [0.717, 1.165) is 30.6 Å². The summed E-state index contributed by atoms with van der Waals surface area (Å²) in [6.07, 6.45) is 1.23. The Morgan fingerprint density at radius 1 is 1.45 bits per heavy atom. The molecule has 1 heterocycles. The number of aliphatic hydroxyl groups is 1. The minimum absolute atomic E-state index is 0.0462. The zero-order valence-electron chi connectivity index (χ0n) is 12.3. The molecule has 0 saturated carbocycles. The van der Waals surface area contributed by atoms with Crippen molar-refractivity contribution in [2.45, 2.75) is 32.8 Å². The van der Waals surface area contributed by atoms with Gasteiger partial charge in [0.1, 0.15) is 0 Å². The van der Waals surface area contributed by atoms with E-state index in [1.54, 1.807) is 0 Å². The van der Waals surface area contributed by atoms with Gasteiger partial charge in [-0.05, 0) is 24.8 Å². The van der Waals surface area contributed by atoms with Gasteiger partial charge in [-0.1, -0.05) is 32.0 Å². The molecule has 20 heavy (non-hydrogen) atoms. The standard InChI is InChI=1S/C16H24N2O2/c1-12(2)10-17-16(20)11-18-9-5-8-15(19)13-6-3-4-7-14(13)18/h3-4,6-7,12,15,19H,5,8-11H2,1-2H3,(H,17,20). The van der Waals surface area contributed by atoms with Gasteiger partial charge in [-0.2, -0.15) is 0 Å². The predicted molar refractivity (Wildman–Crippen MR) is 80.7 cm³/mol. The van der Waals surface area contributed by atoms with E-state index in [1.165, 1.54) is 0 Å². The molecule has 1 aromatic carbocycles. The van der Waals surface area contributed by atoms with Gasteiger partial charge in [0.25, 0.3) is 0 Å². The summed E-state index contributed by atoms with van der Waals surface area (Å²) in [6.45, 7) is 6.03. The van der Waals surface area contributed by atoms with Crippen LogP contribution >= 0.6 is 0 Å². The monoisotopic (exact) mass is 276 g/mol. The lowest BCUT2D eigenvalue weighted by Crippen LogP contribution is -2.39. The third-order valence-electron chi connectivity index (χ3n) is 3.58. The molecule has 0 radical (unpaired) electrons. The molecule has 4 heteroatoms. The van der Waals surface area contributed by atoms with Crippen LogP contribution in [-0.4, -0.2) is 30.6 Å². The van der Waals surface area contributed by atoms with Crippen LogP contribution < -0.4 is 10.2 Å². The highest BCUT2D eigenvalue weighted by atomic mass is 16.3. The number of benzene rings is 1. The lowest BCUT2D eigenvalue weighted by molar-refractivity contribution is -0.119. The number of carbonyl (C=O) groups excluding carboxylic acids is 1. The van der Waals surface area contributed by atoms with Gasteiger partial charge in [0.05, 0.1) is 12.6 Å². The second kappa shape index (κ2) is 6.75. The SMILES string of the molecule is CC(C)CNC(=O)CN1CCCC(O)c2ccccc21. The van der Waals surface area contributed by atoms with Crippen LogP contribution in [0.3, 0.4) is 0 Å². The van der Waals surface area contributed by atoms with Crippen molar-refractivity contribution in [1.29, 1.82) is 0 Å². The molecular formula is C16H24N2O2. The minimum Gasteiger partial charge on any atom is -0.388 e. The minimum atomic E-state index is -0.421. The number of anilines is 1. The highest BCUT2D eigenvalue weighted by Crippen LogP contribution is 2.32. The number of fused-ring (bicyclic) bond motifs is 1. The lowest BCUT2D eigenvalue weighted by atomic mass is 10.0. The van der Waals surface area contributed by atoms with Gasteiger partial charge in [-0.15, -0.1) is 0 Å². The van der Waals surface area contributed by atoms with Crippen molar-refractivity contribution in [3.05, 3.63) is 29.8 Å². The van der Waals surface area contributed by atoms with Crippen LogP contribution in [0.5, 0.6) is 0 Å². The first-order chi connectivity index (χ1) is 9.58. The first-order valence-corrected chi connectivity index (χ1v) is 7.36. The molecule has 0 fully saturated rings. The van der Waals surface area contributed by atoms with E-state index in [9.17, 15) is 9.90 Å². The summed E-state index contributed by atoms with van der Waals surface area (Å²) in [5, 5.41) is 13.1. The Morgan fingerprint density at radius 3 is 2.95 bits per heavy atom. The van der Waals surface area contributed by atoms with Crippen LogP contribution in [0.1, 0.15) is 38.4 Å². The Labute approximate surface area is 120 Å². The van der Waals surface area contributed by atoms with Crippen molar-refractivity contribution >= 4 is 11.6 Å². The average Bonchev–Trinajstić information content (AvgIpc) is 2.58. The van der Waals surface area contributed by atoms with Gasteiger partial charge < -0.3 is 15.3 Å². The Kier molecular flexibility index (Phi) is 5.01. The second-order valence-corrected chi connectivity index (χ2v) is 5.84. The molecule has 1 atom stereocenters. The Hall–Kier alpha value is -1.55. The lowest BCUT2D eigenvalue weighted by Gasteiger charge is -2.24. The summed E-state index contributed by atoms with van der Waals surface area (Å²) in [5.41, 5.74) is 1.92. The summed E-state index contributed by atoms with van der Waals surface area (Å²) >= 11 is 0. The zero-order valence-corrected chi connectivity index (χ0v) is 12.3. The van der Waals surface area contributed by atoms with E-state index in [0.29, 0.717) is 19.0 Å². The zero-order chi connectivity index (χ0) is 14.5. The number of aliphatic hydroxyl groups excluding tert-OH is 1. The van der Waals surface area contributed by atoms with Crippen molar-refractivity contribution in [3.8, 4) is 0 Å². The number of hydrogen-bond acceptors (Lipinski definition) is 3. The maximum atomic E-state index is 12.0. The molecule has 2 N–H and O–H groups in total. The van der Waals surface area contributed by atoms with E-state index in [1.807, 2.05) is 24.3 Å². The van der Waals surface area contributed by atoms with E-state index >= 15 is 0 Å². The van der Waals surface area contributed by atoms with Gasteiger partial charge in [0.15, 0.2) is 0 Å². The highest BCUT2D eigenvalue weighted by molar-refractivity contribution is 5.81. The molecule has 2 rings (SSSR count). The third-order valence-corrected chi connectivity index (χ3v) is 3.58. The van der Waals surface area contributed by atoms with E-state index in [-0.39, 0.29) is 5.91 Å². The number of nitrogens with zero attached hydrogens (tertiary/aromatic N) is 1. The fourth-order valence-electron chi connectivity index (χ4n) is 2.52. The molecule has 1 amide bonds. The highest BCUT2D eigenvalue weighted by Gasteiger charge is 2.22. The number of carbonyl (C=O) groups is 1. The molecule has 1 unspecified atom stereocenters. The van der Waals surface area contributed by atoms with Crippen LogP contribution in [-0.2, 0) is 4.79 Å². The average molecular weight is 276 g/mol. The van der Waals surface area contributed by atoms with Crippen LogP contribution in [0.4, 0.5) is 5.69 Å².